The molecular formula is C14H21N3O3S. The van der Waals surface area contributed by atoms with Gasteiger partial charge in [0.25, 0.3) is 10.2 Å². The standard InChI is InChI=1S/C14H21N3O3S/c15-21(19,20)17-13-9-5-8-12(10-13)16-14(18)11-6-3-1-2-4-7-11/h5,8-11,17H,1-4,6-7H2,(H,16,18)(H2,15,19,20). The quantitative estimate of drug-likeness (QED) is 0.743. The third-order valence-corrected chi connectivity index (χ3v) is 4.14. The number of anilines is 2. The molecular weight excluding hydrogens is 290 g/mol. The van der Waals surface area contributed by atoms with Crippen LogP contribution in [-0.2, 0) is 15.0 Å². The minimum absolute atomic E-state index is 0.00431. The van der Waals surface area contributed by atoms with Gasteiger partial charge in [0.05, 0.1) is 5.69 Å². The second-order valence-electron chi connectivity index (χ2n) is 5.41. The first kappa shape index (κ1) is 15.8. The SMILES string of the molecule is NS(=O)(=O)Nc1cccc(NC(=O)C2CCCCCC2)c1. The van der Waals surface area contributed by atoms with Crippen molar-refractivity contribution in [2.45, 2.75) is 38.5 Å². The minimum Gasteiger partial charge on any atom is -0.326 e. The van der Waals surface area contributed by atoms with E-state index < -0.39 is 10.2 Å². The van der Waals surface area contributed by atoms with Crippen molar-refractivity contribution in [3.05, 3.63) is 24.3 Å². The number of carbonyl (C=O) groups excluding carboxylic acids is 1. The summed E-state index contributed by atoms with van der Waals surface area (Å²) in [5.74, 6) is 0.0482. The molecule has 4 N–H and O–H groups in total. The maximum absolute atomic E-state index is 12.2. The fourth-order valence-electron chi connectivity index (χ4n) is 2.61. The number of amides is 1. The Morgan fingerprint density at radius 2 is 1.71 bits per heavy atom. The van der Waals surface area contributed by atoms with Gasteiger partial charge in [0.1, 0.15) is 0 Å². The van der Waals surface area contributed by atoms with Gasteiger partial charge in [0, 0.05) is 11.6 Å². The Morgan fingerprint density at radius 1 is 1.10 bits per heavy atom. The molecule has 1 aromatic rings. The fourth-order valence-corrected chi connectivity index (χ4v) is 3.07. The van der Waals surface area contributed by atoms with Crippen LogP contribution in [0.4, 0.5) is 11.4 Å². The monoisotopic (exact) mass is 311 g/mol. The molecule has 6 nitrogen and oxygen atoms in total. The Labute approximate surface area is 125 Å². The lowest BCUT2D eigenvalue weighted by atomic mass is 9.99. The molecule has 0 bridgehead atoms. The molecule has 2 rings (SSSR count). The Balaban J connectivity index is 2.01. The number of hydrogen-bond donors (Lipinski definition) is 3. The molecule has 1 aromatic carbocycles. The molecule has 0 unspecified atom stereocenters. The first-order valence-corrected chi connectivity index (χ1v) is 8.70. The highest BCUT2D eigenvalue weighted by atomic mass is 32.2. The van der Waals surface area contributed by atoms with Crippen molar-refractivity contribution < 1.29 is 13.2 Å². The Hall–Kier alpha value is -1.60. The van der Waals surface area contributed by atoms with Gasteiger partial charge in [-0.3, -0.25) is 9.52 Å². The third-order valence-electron chi connectivity index (χ3n) is 3.62. The van der Waals surface area contributed by atoms with E-state index in [1.165, 1.54) is 12.8 Å². The molecule has 1 aliphatic rings. The Bertz CT molecular complexity index is 593. The van der Waals surface area contributed by atoms with Gasteiger partial charge in [0.15, 0.2) is 0 Å². The fraction of sp³-hybridized carbons (Fsp3) is 0.500. The van der Waals surface area contributed by atoms with E-state index in [-0.39, 0.29) is 11.8 Å². The van der Waals surface area contributed by atoms with Gasteiger partial charge in [-0.15, -0.1) is 0 Å². The molecule has 21 heavy (non-hydrogen) atoms. The van der Waals surface area contributed by atoms with E-state index in [1.807, 2.05) is 0 Å². The summed E-state index contributed by atoms with van der Waals surface area (Å²) in [6.45, 7) is 0. The second-order valence-corrected chi connectivity index (χ2v) is 6.70. The van der Waals surface area contributed by atoms with Gasteiger partial charge in [-0.2, -0.15) is 8.42 Å². The van der Waals surface area contributed by atoms with E-state index in [0.717, 1.165) is 25.7 Å². The van der Waals surface area contributed by atoms with Crippen LogP contribution in [0.2, 0.25) is 0 Å². The molecule has 1 aliphatic carbocycles. The number of rotatable bonds is 4. The smallest absolute Gasteiger partial charge is 0.296 e. The summed E-state index contributed by atoms with van der Waals surface area (Å²) in [6.07, 6.45) is 6.40. The van der Waals surface area contributed by atoms with Crippen molar-refractivity contribution in [3.8, 4) is 0 Å². The summed E-state index contributed by atoms with van der Waals surface area (Å²) in [7, 11) is -3.81. The number of hydrogen-bond acceptors (Lipinski definition) is 3. The molecule has 1 amide bonds. The molecule has 0 aliphatic heterocycles. The van der Waals surface area contributed by atoms with Crippen LogP contribution < -0.4 is 15.2 Å². The average molecular weight is 311 g/mol. The van der Waals surface area contributed by atoms with Gasteiger partial charge in [-0.1, -0.05) is 31.7 Å². The van der Waals surface area contributed by atoms with Crippen molar-refractivity contribution in [3.63, 3.8) is 0 Å². The highest BCUT2D eigenvalue weighted by molar-refractivity contribution is 7.90. The van der Waals surface area contributed by atoms with Gasteiger partial charge in [0.2, 0.25) is 5.91 Å². The first-order chi connectivity index (χ1) is 9.94. The molecule has 0 atom stereocenters. The van der Waals surface area contributed by atoms with Gasteiger partial charge in [-0.05, 0) is 31.0 Å². The second kappa shape index (κ2) is 6.91. The molecule has 1 fully saturated rings. The van der Waals surface area contributed by atoms with Crippen molar-refractivity contribution in [2.24, 2.45) is 11.1 Å². The van der Waals surface area contributed by atoms with E-state index in [2.05, 4.69) is 10.0 Å². The molecule has 0 heterocycles. The maximum Gasteiger partial charge on any atom is 0.296 e. The predicted molar refractivity (Wildman–Crippen MR) is 83.0 cm³/mol. The molecule has 0 spiro atoms. The Morgan fingerprint density at radius 3 is 2.33 bits per heavy atom. The summed E-state index contributed by atoms with van der Waals surface area (Å²) in [5.41, 5.74) is 0.897. The highest BCUT2D eigenvalue weighted by Crippen LogP contribution is 2.24. The van der Waals surface area contributed by atoms with Crippen molar-refractivity contribution in [1.29, 1.82) is 0 Å². The number of nitrogens with one attached hydrogen (secondary N) is 2. The number of benzene rings is 1. The third kappa shape index (κ3) is 5.35. The minimum atomic E-state index is -3.81. The zero-order chi connectivity index (χ0) is 15.3. The van der Waals surface area contributed by atoms with Gasteiger partial charge < -0.3 is 5.32 Å². The largest absolute Gasteiger partial charge is 0.326 e. The topological polar surface area (TPSA) is 101 Å². The number of nitrogens with two attached hydrogens (primary N) is 1. The van der Waals surface area contributed by atoms with Crippen LogP contribution in [0.3, 0.4) is 0 Å². The lowest BCUT2D eigenvalue weighted by Gasteiger charge is -2.14. The summed E-state index contributed by atoms with van der Waals surface area (Å²) in [4.78, 5) is 12.2. The van der Waals surface area contributed by atoms with Crippen LogP contribution in [0.1, 0.15) is 38.5 Å². The van der Waals surface area contributed by atoms with E-state index in [4.69, 9.17) is 5.14 Å². The highest BCUT2D eigenvalue weighted by Gasteiger charge is 2.20. The lowest BCUT2D eigenvalue weighted by molar-refractivity contribution is -0.120. The summed E-state index contributed by atoms with van der Waals surface area (Å²) in [5, 5.41) is 7.78. The van der Waals surface area contributed by atoms with Crippen LogP contribution in [0.25, 0.3) is 0 Å². The number of carbonyl (C=O) groups is 1. The lowest BCUT2D eigenvalue weighted by Crippen LogP contribution is -2.23. The van der Waals surface area contributed by atoms with Crippen LogP contribution in [0, 0.1) is 5.92 Å². The maximum atomic E-state index is 12.2. The summed E-state index contributed by atoms with van der Waals surface area (Å²) < 4.78 is 24.2. The van der Waals surface area contributed by atoms with Gasteiger partial charge in [-0.25, -0.2) is 5.14 Å². The molecule has 0 aromatic heterocycles. The van der Waals surface area contributed by atoms with Crippen molar-refractivity contribution >= 4 is 27.5 Å². The summed E-state index contributed by atoms with van der Waals surface area (Å²) in [6, 6.07) is 6.52. The van der Waals surface area contributed by atoms with E-state index in [9.17, 15) is 13.2 Å². The van der Waals surface area contributed by atoms with E-state index in [0.29, 0.717) is 11.4 Å². The zero-order valence-electron chi connectivity index (χ0n) is 11.8. The van der Waals surface area contributed by atoms with Crippen molar-refractivity contribution in [2.75, 3.05) is 10.0 Å². The zero-order valence-corrected chi connectivity index (χ0v) is 12.7. The van der Waals surface area contributed by atoms with Crippen LogP contribution in [-0.4, -0.2) is 14.3 Å². The first-order valence-electron chi connectivity index (χ1n) is 7.15. The van der Waals surface area contributed by atoms with Gasteiger partial charge >= 0.3 is 0 Å². The van der Waals surface area contributed by atoms with E-state index in [1.54, 1.807) is 24.3 Å². The average Bonchev–Trinajstić information content (AvgIpc) is 2.65. The predicted octanol–water partition coefficient (Wildman–Crippen LogP) is 2.21. The molecule has 7 heteroatoms. The van der Waals surface area contributed by atoms with E-state index >= 15 is 0 Å². The van der Waals surface area contributed by atoms with Crippen LogP contribution >= 0.6 is 0 Å². The van der Waals surface area contributed by atoms with Crippen molar-refractivity contribution in [1.82, 2.24) is 0 Å². The van der Waals surface area contributed by atoms with Crippen LogP contribution in [0.5, 0.6) is 0 Å². The van der Waals surface area contributed by atoms with Crippen LogP contribution in [0.15, 0.2) is 24.3 Å². The Kier molecular flexibility index (Phi) is 5.19. The molecule has 116 valence electrons. The molecule has 0 radical (unpaired) electrons. The molecule has 0 saturated heterocycles. The normalized spacial score (nSPS) is 17.0. The summed E-state index contributed by atoms with van der Waals surface area (Å²) >= 11 is 0. The molecule has 1 saturated carbocycles.